The Kier molecular flexibility index (Phi) is 12.0. The molecule has 0 radical (unpaired) electrons. The van der Waals surface area contributed by atoms with Crippen LogP contribution in [-0.2, 0) is 32.5 Å². The van der Waals surface area contributed by atoms with Gasteiger partial charge >= 0.3 is 6.18 Å². The van der Waals surface area contributed by atoms with Crippen molar-refractivity contribution in [1.29, 1.82) is 0 Å². The number of nitrogens with one attached hydrogen (secondary N) is 4. The number of likely N-dealkylation sites (tertiary alicyclic amines) is 1. The molecule has 5 amide bonds. The number of piperidine rings is 2. The lowest BCUT2D eigenvalue weighted by Gasteiger charge is -2.39. The highest BCUT2D eigenvalue weighted by atomic mass is 35.5. The smallest absolute Gasteiger partial charge is 0.433 e. The summed E-state index contributed by atoms with van der Waals surface area (Å²) >= 11 is 6.38. The van der Waals surface area contributed by atoms with Gasteiger partial charge in [-0.1, -0.05) is 62.4 Å². The minimum absolute atomic E-state index is 0.0158. The molecule has 4 aromatic rings. The lowest BCUT2D eigenvalue weighted by Crippen LogP contribution is -2.52. The van der Waals surface area contributed by atoms with E-state index in [2.05, 4.69) is 38.1 Å². The summed E-state index contributed by atoms with van der Waals surface area (Å²) in [6, 6.07) is 13.2. The van der Waals surface area contributed by atoms with Crippen LogP contribution in [0.3, 0.4) is 0 Å². The fourth-order valence-corrected chi connectivity index (χ4v) is 12.0. The van der Waals surface area contributed by atoms with Crippen LogP contribution in [0.5, 0.6) is 5.75 Å². The quantitative estimate of drug-likeness (QED) is 0.0823. The Hall–Kier alpha value is -6.51. The van der Waals surface area contributed by atoms with Crippen molar-refractivity contribution in [2.75, 3.05) is 37.4 Å². The van der Waals surface area contributed by atoms with Gasteiger partial charge in [-0.15, -0.1) is 0 Å². The summed E-state index contributed by atoms with van der Waals surface area (Å²) in [5.41, 5.74) is 0.490. The Morgan fingerprint density at radius 1 is 1.06 bits per heavy atom. The number of carbonyl (C=O) groups excluding carboxylic acids is 5. The second kappa shape index (κ2) is 17.7. The molecule has 3 aromatic carbocycles. The number of aromatic nitrogens is 1. The van der Waals surface area contributed by atoms with Crippen LogP contribution >= 0.6 is 11.6 Å². The van der Waals surface area contributed by atoms with Crippen LogP contribution < -0.4 is 26.0 Å². The van der Waals surface area contributed by atoms with Crippen LogP contribution in [0.2, 0.25) is 5.02 Å². The van der Waals surface area contributed by atoms with Crippen molar-refractivity contribution in [3.63, 3.8) is 0 Å². The number of nitrogens with zero attached hydrogens (tertiary/aromatic N) is 3. The van der Waals surface area contributed by atoms with Gasteiger partial charge in [0.25, 0.3) is 11.8 Å². The van der Waals surface area contributed by atoms with Crippen molar-refractivity contribution in [3.8, 4) is 17.6 Å². The number of fused-ring (bicyclic) bond motifs is 3. The fraction of sp³-hybridized carbons (Fsp3) is 0.434. The first-order valence-corrected chi connectivity index (χ1v) is 24.2. The summed E-state index contributed by atoms with van der Waals surface area (Å²) in [6.45, 7) is 7.35. The van der Waals surface area contributed by atoms with Crippen molar-refractivity contribution in [1.82, 2.24) is 25.4 Å². The summed E-state index contributed by atoms with van der Waals surface area (Å²) in [6.07, 6.45) is -0.185. The number of halogens is 5. The van der Waals surface area contributed by atoms with Crippen LogP contribution in [0.25, 0.3) is 0 Å². The van der Waals surface area contributed by atoms with Gasteiger partial charge in [-0.25, -0.2) is 4.39 Å². The van der Waals surface area contributed by atoms with Gasteiger partial charge in [-0.3, -0.25) is 34.3 Å². The largest absolute Gasteiger partial charge is 0.495 e. The molecule has 4 N–H and O–H groups in total. The molecule has 1 aliphatic carbocycles. The molecular formula is C53H52ClF4N7O6. The predicted octanol–water partition coefficient (Wildman–Crippen LogP) is 7.82. The lowest BCUT2D eigenvalue weighted by molar-refractivity contribution is -0.141. The Labute approximate surface area is 412 Å². The first-order valence-electron chi connectivity index (χ1n) is 23.8. The number of rotatable bonds is 7. The minimum Gasteiger partial charge on any atom is -0.495 e. The average molecular weight is 994 g/mol. The molecule has 1 saturated carbocycles. The molecule has 13 nitrogen and oxygen atoms in total. The van der Waals surface area contributed by atoms with Gasteiger partial charge in [0.1, 0.15) is 23.3 Å². The monoisotopic (exact) mass is 993 g/mol. The van der Waals surface area contributed by atoms with E-state index in [-0.39, 0.29) is 88.1 Å². The molecule has 6 aliphatic rings. The fourth-order valence-electron chi connectivity index (χ4n) is 11.9. The standard InChI is InChI=1S/C53H52ClF4N7O6/c1-50(2,3)23-41-52(26-60-37-21-40(53(56,57)58)59-24-34(37)52)43(32-10-6-11-35(54)44(32)55)45(62-41)47(68)61-36-15-13-29(20-39(36)71-4)48(69)64-19-7-18-51(27-64)22-30(51)14-12-28-8-5-9-31-33(28)25-65(49(31)70)38-16-17-42(66)63-46(38)67/h5-6,8-11,13,15,20-21,24,30,38,41,43,45,60,62H,7,16-19,22-23,25-27H2,1-4H3,(H,61,68)(H,63,66,67)/t30-,38?,41-,43-,45+,51+,52-/m0/s1. The van der Waals surface area contributed by atoms with Crippen LogP contribution in [0.1, 0.15) is 114 Å². The van der Waals surface area contributed by atoms with Crippen molar-refractivity contribution in [2.24, 2.45) is 16.7 Å². The predicted molar refractivity (Wildman–Crippen MR) is 255 cm³/mol. The van der Waals surface area contributed by atoms with Crippen molar-refractivity contribution in [2.45, 2.75) is 101 Å². The van der Waals surface area contributed by atoms with Gasteiger partial charge in [0, 0.05) is 95.4 Å². The average Bonchev–Trinajstić information content (AvgIpc) is 3.54. The van der Waals surface area contributed by atoms with Gasteiger partial charge < -0.3 is 30.5 Å². The SMILES string of the molecule is COc1cc(C(=O)N2CCC[C@@]3(C[C@@H]3C#Cc3cccc4c3CN(C3CCC(=O)NC3=O)C4=O)C2)ccc1NC(=O)[C@@H]1N[C@@H](CC(C)(C)C)[C@@]2(CNc3cc(C(F)(F)F)ncc32)[C@H]1c1cccc(Cl)c1F. The molecule has 370 valence electrons. The number of benzene rings is 3. The van der Waals surface area contributed by atoms with Gasteiger partial charge in [0.05, 0.1) is 23.9 Å². The summed E-state index contributed by atoms with van der Waals surface area (Å²) < 4.78 is 63.9. The van der Waals surface area contributed by atoms with E-state index in [1.165, 1.54) is 24.3 Å². The maximum absolute atomic E-state index is 16.4. The number of alkyl halides is 3. The summed E-state index contributed by atoms with van der Waals surface area (Å²) in [5.74, 6) is 3.37. The third-order valence-corrected chi connectivity index (χ3v) is 15.6. The Morgan fingerprint density at radius 3 is 2.59 bits per heavy atom. The van der Waals surface area contributed by atoms with Crippen molar-refractivity contribution in [3.05, 3.63) is 117 Å². The zero-order chi connectivity index (χ0) is 50.4. The normalized spacial score (nSPS) is 26.7. The molecule has 6 heterocycles. The Bertz CT molecular complexity index is 2990. The molecule has 3 saturated heterocycles. The Balaban J connectivity index is 0.873. The van der Waals surface area contributed by atoms with Crippen LogP contribution in [-0.4, -0.2) is 89.2 Å². The van der Waals surface area contributed by atoms with Crippen LogP contribution in [0.15, 0.2) is 66.9 Å². The van der Waals surface area contributed by atoms with E-state index in [0.29, 0.717) is 41.8 Å². The molecular weight excluding hydrogens is 942 g/mol. The van der Waals surface area contributed by atoms with Crippen LogP contribution in [0, 0.1) is 34.4 Å². The van der Waals surface area contributed by atoms with E-state index in [9.17, 15) is 37.1 Å². The van der Waals surface area contributed by atoms with Gasteiger partial charge in [-0.2, -0.15) is 13.2 Å². The highest BCUT2D eigenvalue weighted by Gasteiger charge is 2.62. The highest BCUT2D eigenvalue weighted by Crippen LogP contribution is 2.59. The topological polar surface area (TPSA) is 162 Å². The van der Waals surface area contributed by atoms with Crippen molar-refractivity contribution >= 4 is 52.5 Å². The molecule has 1 aromatic heterocycles. The van der Waals surface area contributed by atoms with E-state index < -0.39 is 59.0 Å². The summed E-state index contributed by atoms with van der Waals surface area (Å²) in [4.78, 5) is 74.0. The number of imide groups is 1. The molecule has 4 fully saturated rings. The van der Waals surface area contributed by atoms with Crippen molar-refractivity contribution < 1.29 is 46.3 Å². The first kappa shape index (κ1) is 48.1. The number of hydrogen-bond donors (Lipinski definition) is 4. The minimum atomic E-state index is -4.71. The first-order chi connectivity index (χ1) is 33.7. The third-order valence-electron chi connectivity index (χ3n) is 15.3. The molecule has 5 aliphatic heterocycles. The molecule has 2 spiro atoms. The summed E-state index contributed by atoms with van der Waals surface area (Å²) in [5, 5.41) is 11.8. The van der Waals surface area contributed by atoms with E-state index in [4.69, 9.17) is 16.3 Å². The zero-order valence-electron chi connectivity index (χ0n) is 39.5. The second-order valence-corrected chi connectivity index (χ2v) is 21.4. The number of hydrogen-bond acceptors (Lipinski definition) is 9. The lowest BCUT2D eigenvalue weighted by atomic mass is 9.63. The molecule has 7 atom stereocenters. The van der Waals surface area contributed by atoms with E-state index in [1.807, 2.05) is 31.7 Å². The maximum Gasteiger partial charge on any atom is 0.433 e. The molecule has 0 bridgehead atoms. The van der Waals surface area contributed by atoms with Gasteiger partial charge in [0.15, 0.2) is 0 Å². The van der Waals surface area contributed by atoms with Crippen LogP contribution in [0.4, 0.5) is 28.9 Å². The van der Waals surface area contributed by atoms with Gasteiger partial charge in [-0.05, 0) is 91.1 Å². The highest BCUT2D eigenvalue weighted by molar-refractivity contribution is 6.30. The second-order valence-electron chi connectivity index (χ2n) is 20.9. The number of carbonyl (C=O) groups is 5. The molecule has 10 rings (SSSR count). The summed E-state index contributed by atoms with van der Waals surface area (Å²) in [7, 11) is 1.42. The molecule has 1 unspecified atom stereocenters. The number of amides is 5. The molecule has 71 heavy (non-hydrogen) atoms. The number of methoxy groups -OCH3 is 1. The zero-order valence-corrected chi connectivity index (χ0v) is 40.2. The van der Waals surface area contributed by atoms with Gasteiger partial charge in [0.2, 0.25) is 17.7 Å². The number of ether oxygens (including phenoxy) is 1. The third kappa shape index (κ3) is 8.56. The molecule has 18 heteroatoms. The number of anilines is 2. The van der Waals surface area contributed by atoms with E-state index in [1.54, 1.807) is 42.5 Å². The van der Waals surface area contributed by atoms with E-state index in [0.717, 1.165) is 30.9 Å². The Morgan fingerprint density at radius 2 is 1.85 bits per heavy atom. The number of pyridine rings is 1. The van der Waals surface area contributed by atoms with E-state index >= 15 is 4.39 Å². The maximum atomic E-state index is 16.4.